The smallest absolute Gasteiger partial charge is 0.0593 e. The molecule has 0 aromatic rings. The van der Waals surface area contributed by atoms with E-state index in [2.05, 4.69) is 24.1 Å². The van der Waals surface area contributed by atoms with Crippen LogP contribution in [0.1, 0.15) is 39.5 Å². The number of nitrogens with one attached hydrogen (secondary N) is 1. The molecule has 0 saturated carbocycles. The quantitative estimate of drug-likeness (QED) is 0.610. The van der Waals surface area contributed by atoms with Gasteiger partial charge >= 0.3 is 0 Å². The minimum absolute atomic E-state index is 0.720. The zero-order valence-electron chi connectivity index (χ0n) is 11.0. The van der Waals surface area contributed by atoms with Gasteiger partial charge in [0.15, 0.2) is 0 Å². The highest BCUT2D eigenvalue weighted by Crippen LogP contribution is 2.07. The van der Waals surface area contributed by atoms with Gasteiger partial charge in [-0.1, -0.05) is 13.8 Å². The zero-order valence-corrected chi connectivity index (χ0v) is 11.0. The van der Waals surface area contributed by atoms with Crippen molar-refractivity contribution in [2.75, 3.05) is 39.4 Å². The number of ether oxygens (including phenoxy) is 1. The third-order valence-corrected chi connectivity index (χ3v) is 3.08. The first kappa shape index (κ1) is 13.9. The Morgan fingerprint density at radius 2 is 2.06 bits per heavy atom. The predicted molar refractivity (Wildman–Crippen MR) is 68.9 cm³/mol. The summed E-state index contributed by atoms with van der Waals surface area (Å²) in [4.78, 5) is 2.54. The van der Waals surface area contributed by atoms with E-state index in [1.54, 1.807) is 0 Å². The van der Waals surface area contributed by atoms with Gasteiger partial charge < -0.3 is 10.1 Å². The lowest BCUT2D eigenvalue weighted by atomic mass is 10.2. The summed E-state index contributed by atoms with van der Waals surface area (Å²) in [7, 11) is 0. The Kier molecular flexibility index (Phi) is 7.81. The first-order chi connectivity index (χ1) is 7.86. The van der Waals surface area contributed by atoms with Crippen molar-refractivity contribution in [2.24, 2.45) is 0 Å². The minimum Gasteiger partial charge on any atom is -0.380 e. The summed E-state index contributed by atoms with van der Waals surface area (Å²) >= 11 is 0. The maximum atomic E-state index is 5.56. The van der Waals surface area contributed by atoms with Crippen LogP contribution in [0.15, 0.2) is 0 Å². The van der Waals surface area contributed by atoms with E-state index in [0.29, 0.717) is 0 Å². The fourth-order valence-electron chi connectivity index (χ4n) is 2.27. The molecule has 1 rings (SSSR count). The third kappa shape index (κ3) is 5.83. The molecule has 0 amide bonds. The van der Waals surface area contributed by atoms with E-state index in [1.807, 2.05) is 0 Å². The predicted octanol–water partition coefficient (Wildman–Crippen LogP) is 1.88. The molecular formula is C13H28N2O. The van der Waals surface area contributed by atoms with E-state index >= 15 is 0 Å². The van der Waals surface area contributed by atoms with Gasteiger partial charge in [-0.2, -0.15) is 0 Å². The number of hydrogen-bond donors (Lipinski definition) is 1. The molecule has 1 saturated heterocycles. The Balaban J connectivity index is 2.12. The van der Waals surface area contributed by atoms with Crippen molar-refractivity contribution in [3.63, 3.8) is 0 Å². The van der Waals surface area contributed by atoms with Gasteiger partial charge in [0, 0.05) is 25.7 Å². The highest BCUT2D eigenvalue weighted by molar-refractivity contribution is 4.77. The summed E-state index contributed by atoms with van der Waals surface area (Å²) in [6.45, 7) is 10.9. The van der Waals surface area contributed by atoms with Crippen LogP contribution in [-0.2, 0) is 4.74 Å². The van der Waals surface area contributed by atoms with Crippen LogP contribution < -0.4 is 5.32 Å². The molecule has 1 fully saturated rings. The standard InChI is InChI=1S/C13H28N2O/c1-3-8-15(9-11-16-10-4-2)12-13-6-5-7-14-13/h13-14H,3-12H2,1-2H3. The van der Waals surface area contributed by atoms with Crippen molar-refractivity contribution >= 4 is 0 Å². The molecule has 0 spiro atoms. The minimum atomic E-state index is 0.720. The van der Waals surface area contributed by atoms with Crippen LogP contribution in [0, 0.1) is 0 Å². The Morgan fingerprint density at radius 3 is 2.69 bits per heavy atom. The summed E-state index contributed by atoms with van der Waals surface area (Å²) in [6.07, 6.45) is 5.05. The van der Waals surface area contributed by atoms with Crippen molar-refractivity contribution in [3.05, 3.63) is 0 Å². The van der Waals surface area contributed by atoms with Gasteiger partial charge in [-0.15, -0.1) is 0 Å². The average Bonchev–Trinajstić information content (AvgIpc) is 2.77. The molecule has 16 heavy (non-hydrogen) atoms. The second-order valence-electron chi connectivity index (χ2n) is 4.71. The fourth-order valence-corrected chi connectivity index (χ4v) is 2.27. The van der Waals surface area contributed by atoms with Crippen molar-refractivity contribution in [2.45, 2.75) is 45.6 Å². The lowest BCUT2D eigenvalue weighted by molar-refractivity contribution is 0.101. The molecule has 0 aliphatic carbocycles. The fraction of sp³-hybridized carbons (Fsp3) is 1.00. The molecule has 0 aromatic carbocycles. The molecule has 1 N–H and O–H groups in total. The highest BCUT2D eigenvalue weighted by atomic mass is 16.5. The van der Waals surface area contributed by atoms with Crippen LogP contribution in [0.25, 0.3) is 0 Å². The molecule has 0 bridgehead atoms. The Bertz CT molecular complexity index is 158. The molecule has 3 heteroatoms. The summed E-state index contributed by atoms with van der Waals surface area (Å²) in [6, 6.07) is 0.720. The van der Waals surface area contributed by atoms with E-state index in [-0.39, 0.29) is 0 Å². The molecule has 3 nitrogen and oxygen atoms in total. The second-order valence-corrected chi connectivity index (χ2v) is 4.71. The van der Waals surface area contributed by atoms with Crippen LogP contribution in [0.5, 0.6) is 0 Å². The van der Waals surface area contributed by atoms with Crippen molar-refractivity contribution in [1.29, 1.82) is 0 Å². The summed E-state index contributed by atoms with van der Waals surface area (Å²) in [5.74, 6) is 0. The number of rotatable bonds is 9. The van der Waals surface area contributed by atoms with Gasteiger partial charge in [-0.3, -0.25) is 4.90 Å². The van der Waals surface area contributed by atoms with Crippen LogP contribution in [0.4, 0.5) is 0 Å². The van der Waals surface area contributed by atoms with Crippen molar-refractivity contribution in [1.82, 2.24) is 10.2 Å². The van der Waals surface area contributed by atoms with Gasteiger partial charge in [-0.25, -0.2) is 0 Å². The van der Waals surface area contributed by atoms with E-state index in [4.69, 9.17) is 4.74 Å². The average molecular weight is 228 g/mol. The van der Waals surface area contributed by atoms with Crippen LogP contribution >= 0.6 is 0 Å². The molecule has 0 aromatic heterocycles. The molecular weight excluding hydrogens is 200 g/mol. The maximum Gasteiger partial charge on any atom is 0.0593 e. The largest absolute Gasteiger partial charge is 0.380 e. The van der Waals surface area contributed by atoms with Gasteiger partial charge in [0.2, 0.25) is 0 Å². The van der Waals surface area contributed by atoms with Crippen molar-refractivity contribution < 1.29 is 4.74 Å². The Labute approximate surface area is 101 Å². The first-order valence-corrected chi connectivity index (χ1v) is 6.90. The SMILES string of the molecule is CCCOCCN(CCC)CC1CCCN1. The molecule has 0 radical (unpaired) electrons. The van der Waals surface area contributed by atoms with Crippen LogP contribution in [0.2, 0.25) is 0 Å². The van der Waals surface area contributed by atoms with E-state index in [9.17, 15) is 0 Å². The summed E-state index contributed by atoms with van der Waals surface area (Å²) < 4.78 is 5.56. The third-order valence-electron chi connectivity index (χ3n) is 3.08. The number of nitrogens with zero attached hydrogens (tertiary/aromatic N) is 1. The van der Waals surface area contributed by atoms with Gasteiger partial charge in [-0.05, 0) is 38.8 Å². The zero-order chi connectivity index (χ0) is 11.6. The van der Waals surface area contributed by atoms with E-state index < -0.39 is 0 Å². The topological polar surface area (TPSA) is 24.5 Å². The molecule has 96 valence electrons. The highest BCUT2D eigenvalue weighted by Gasteiger charge is 2.17. The van der Waals surface area contributed by atoms with Gasteiger partial charge in [0.05, 0.1) is 6.61 Å². The maximum absolute atomic E-state index is 5.56. The van der Waals surface area contributed by atoms with Gasteiger partial charge in [0.1, 0.15) is 0 Å². The molecule has 1 aliphatic heterocycles. The summed E-state index contributed by atoms with van der Waals surface area (Å²) in [5.41, 5.74) is 0. The van der Waals surface area contributed by atoms with Crippen LogP contribution in [-0.4, -0.2) is 50.3 Å². The molecule has 1 heterocycles. The monoisotopic (exact) mass is 228 g/mol. The van der Waals surface area contributed by atoms with Crippen molar-refractivity contribution in [3.8, 4) is 0 Å². The number of hydrogen-bond acceptors (Lipinski definition) is 3. The van der Waals surface area contributed by atoms with E-state index in [1.165, 1.54) is 38.9 Å². The van der Waals surface area contributed by atoms with E-state index in [0.717, 1.165) is 32.2 Å². The van der Waals surface area contributed by atoms with Crippen LogP contribution in [0.3, 0.4) is 0 Å². The Morgan fingerprint density at radius 1 is 1.19 bits per heavy atom. The normalized spacial score (nSPS) is 20.8. The van der Waals surface area contributed by atoms with Gasteiger partial charge in [0.25, 0.3) is 0 Å². The summed E-state index contributed by atoms with van der Waals surface area (Å²) in [5, 5.41) is 3.56. The lowest BCUT2D eigenvalue weighted by Crippen LogP contribution is -2.39. The first-order valence-electron chi connectivity index (χ1n) is 6.90. The Hall–Kier alpha value is -0.120. The molecule has 1 aliphatic rings. The second kappa shape index (κ2) is 8.97. The molecule has 1 atom stereocenters. The lowest BCUT2D eigenvalue weighted by Gasteiger charge is -2.25. The molecule has 1 unspecified atom stereocenters.